The number of hydrogen-bond acceptors (Lipinski definition) is 3. The highest BCUT2D eigenvalue weighted by Crippen LogP contribution is 2.23. The molecule has 4 nitrogen and oxygen atoms in total. The molecule has 0 saturated carbocycles. The summed E-state index contributed by atoms with van der Waals surface area (Å²) in [5.74, 6) is 1.13. The molecule has 0 aliphatic rings. The highest BCUT2D eigenvalue weighted by Gasteiger charge is 2.04. The lowest BCUT2D eigenvalue weighted by molar-refractivity contribution is -0.120. The molecule has 2 aromatic carbocycles. The first kappa shape index (κ1) is 17.6. The molecule has 3 rings (SSSR count). The minimum absolute atomic E-state index is 0.182. The number of hydrogen-bond donors (Lipinski definition) is 1. The third kappa shape index (κ3) is 5.14. The molecule has 126 valence electrons. The van der Waals surface area contributed by atoms with Gasteiger partial charge >= 0.3 is 0 Å². The Kier molecular flexibility index (Phi) is 5.83. The van der Waals surface area contributed by atoms with Crippen molar-refractivity contribution < 1.29 is 9.21 Å². The molecule has 0 atom stereocenters. The van der Waals surface area contributed by atoms with Gasteiger partial charge < -0.3 is 4.42 Å². The van der Waals surface area contributed by atoms with Crippen LogP contribution >= 0.6 is 31.9 Å². The standard InChI is InChI=1S/C19H14Br2N2O2/c20-15-5-1-13(2-6-15)11-19(24)23-22-12-17-9-10-18(25-17)14-3-7-16(21)8-4-14/h1-10,12H,11H2,(H,23,24). The number of carbonyl (C=O) groups is 1. The molecule has 0 spiro atoms. The second kappa shape index (κ2) is 8.27. The van der Waals surface area contributed by atoms with Crippen molar-refractivity contribution in [3.8, 4) is 11.3 Å². The van der Waals surface area contributed by atoms with Gasteiger partial charge in [-0.05, 0) is 42.0 Å². The van der Waals surface area contributed by atoms with Crippen LogP contribution in [0.3, 0.4) is 0 Å². The molecular formula is C19H14Br2N2O2. The van der Waals surface area contributed by atoms with E-state index in [4.69, 9.17) is 4.42 Å². The molecule has 0 aliphatic heterocycles. The van der Waals surface area contributed by atoms with Gasteiger partial charge in [-0.1, -0.05) is 56.1 Å². The van der Waals surface area contributed by atoms with Gasteiger partial charge in [0.25, 0.3) is 0 Å². The molecule has 0 saturated heterocycles. The van der Waals surface area contributed by atoms with E-state index in [1.54, 1.807) is 0 Å². The van der Waals surface area contributed by atoms with Crippen LogP contribution < -0.4 is 5.43 Å². The van der Waals surface area contributed by atoms with Crippen LogP contribution in [0.4, 0.5) is 0 Å². The number of furan rings is 1. The summed E-state index contributed by atoms with van der Waals surface area (Å²) in [6.45, 7) is 0. The van der Waals surface area contributed by atoms with Crippen molar-refractivity contribution in [2.45, 2.75) is 6.42 Å². The largest absolute Gasteiger partial charge is 0.455 e. The third-order valence-electron chi connectivity index (χ3n) is 3.41. The second-order valence-corrected chi connectivity index (χ2v) is 7.14. The summed E-state index contributed by atoms with van der Waals surface area (Å²) in [5, 5.41) is 3.94. The Hall–Kier alpha value is -2.18. The summed E-state index contributed by atoms with van der Waals surface area (Å²) >= 11 is 6.77. The van der Waals surface area contributed by atoms with E-state index in [0.717, 1.165) is 25.8 Å². The van der Waals surface area contributed by atoms with Crippen LogP contribution in [0.15, 0.2) is 79.1 Å². The Balaban J connectivity index is 1.56. The van der Waals surface area contributed by atoms with Gasteiger partial charge in [-0.2, -0.15) is 5.10 Å². The van der Waals surface area contributed by atoms with E-state index in [1.807, 2.05) is 60.7 Å². The zero-order valence-electron chi connectivity index (χ0n) is 13.1. The van der Waals surface area contributed by atoms with Gasteiger partial charge in [0.05, 0.1) is 12.6 Å². The Morgan fingerprint density at radius 2 is 1.60 bits per heavy atom. The van der Waals surface area contributed by atoms with Crippen LogP contribution in [0.5, 0.6) is 0 Å². The Labute approximate surface area is 162 Å². The molecule has 3 aromatic rings. The van der Waals surface area contributed by atoms with Crippen LogP contribution in [-0.2, 0) is 11.2 Å². The van der Waals surface area contributed by atoms with Crippen molar-refractivity contribution in [1.29, 1.82) is 0 Å². The molecule has 0 fully saturated rings. The Bertz CT molecular complexity index is 885. The monoisotopic (exact) mass is 460 g/mol. The normalized spacial score (nSPS) is 11.0. The zero-order valence-corrected chi connectivity index (χ0v) is 16.2. The number of halogens is 2. The number of benzene rings is 2. The maximum atomic E-state index is 11.9. The second-order valence-electron chi connectivity index (χ2n) is 5.31. The predicted octanol–water partition coefficient (Wildman–Crippen LogP) is 5.16. The van der Waals surface area contributed by atoms with Crippen molar-refractivity contribution >= 4 is 44.0 Å². The molecule has 0 unspecified atom stereocenters. The molecule has 1 N–H and O–H groups in total. The lowest BCUT2D eigenvalue weighted by Gasteiger charge is -2.00. The Morgan fingerprint density at radius 1 is 0.960 bits per heavy atom. The SMILES string of the molecule is O=C(Cc1ccc(Br)cc1)NN=Cc1ccc(-c2ccc(Br)cc2)o1. The average molecular weight is 462 g/mol. The maximum Gasteiger partial charge on any atom is 0.244 e. The summed E-state index contributed by atoms with van der Waals surface area (Å²) in [6.07, 6.45) is 1.76. The number of amides is 1. The maximum absolute atomic E-state index is 11.9. The van der Waals surface area contributed by atoms with E-state index in [1.165, 1.54) is 6.21 Å². The number of hydrazone groups is 1. The summed E-state index contributed by atoms with van der Waals surface area (Å²) in [4.78, 5) is 11.9. The molecule has 1 amide bonds. The predicted molar refractivity (Wildman–Crippen MR) is 105 cm³/mol. The van der Waals surface area contributed by atoms with Gasteiger partial charge in [-0.15, -0.1) is 0 Å². The number of rotatable bonds is 5. The van der Waals surface area contributed by atoms with Crippen LogP contribution in [0.2, 0.25) is 0 Å². The van der Waals surface area contributed by atoms with E-state index in [9.17, 15) is 4.79 Å². The number of carbonyl (C=O) groups excluding carboxylic acids is 1. The van der Waals surface area contributed by atoms with Crippen molar-refractivity contribution in [3.05, 3.63) is 80.9 Å². The topological polar surface area (TPSA) is 54.6 Å². The number of nitrogens with zero attached hydrogens (tertiary/aromatic N) is 1. The van der Waals surface area contributed by atoms with E-state index in [2.05, 4.69) is 42.4 Å². The lowest BCUT2D eigenvalue weighted by atomic mass is 10.1. The van der Waals surface area contributed by atoms with Gasteiger partial charge in [-0.3, -0.25) is 4.79 Å². The Morgan fingerprint density at radius 3 is 2.28 bits per heavy atom. The van der Waals surface area contributed by atoms with Crippen molar-refractivity contribution in [1.82, 2.24) is 5.43 Å². The fraction of sp³-hybridized carbons (Fsp3) is 0.0526. The highest BCUT2D eigenvalue weighted by atomic mass is 79.9. The first-order valence-corrected chi connectivity index (χ1v) is 9.11. The highest BCUT2D eigenvalue weighted by molar-refractivity contribution is 9.10. The molecule has 25 heavy (non-hydrogen) atoms. The van der Waals surface area contributed by atoms with Crippen LogP contribution in [0, 0.1) is 0 Å². The van der Waals surface area contributed by atoms with E-state index >= 15 is 0 Å². The van der Waals surface area contributed by atoms with E-state index in [0.29, 0.717) is 5.76 Å². The first-order valence-electron chi connectivity index (χ1n) is 7.52. The fourth-order valence-corrected chi connectivity index (χ4v) is 2.72. The molecule has 1 aromatic heterocycles. The lowest BCUT2D eigenvalue weighted by Crippen LogP contribution is -2.19. The molecule has 6 heteroatoms. The van der Waals surface area contributed by atoms with Crippen molar-refractivity contribution in [3.63, 3.8) is 0 Å². The van der Waals surface area contributed by atoms with Gasteiger partial charge in [0, 0.05) is 14.5 Å². The van der Waals surface area contributed by atoms with Crippen molar-refractivity contribution in [2.24, 2.45) is 5.10 Å². The summed E-state index contributed by atoms with van der Waals surface area (Å²) < 4.78 is 7.69. The van der Waals surface area contributed by atoms with Gasteiger partial charge in [0.15, 0.2) is 0 Å². The molecule has 0 bridgehead atoms. The van der Waals surface area contributed by atoms with Crippen LogP contribution in [0.25, 0.3) is 11.3 Å². The van der Waals surface area contributed by atoms with Gasteiger partial charge in [-0.25, -0.2) is 5.43 Å². The number of nitrogens with one attached hydrogen (secondary N) is 1. The smallest absolute Gasteiger partial charge is 0.244 e. The van der Waals surface area contributed by atoms with Crippen LogP contribution in [0.1, 0.15) is 11.3 Å². The first-order chi connectivity index (χ1) is 12.1. The van der Waals surface area contributed by atoms with E-state index < -0.39 is 0 Å². The molecule has 0 radical (unpaired) electrons. The minimum atomic E-state index is -0.182. The van der Waals surface area contributed by atoms with Gasteiger partial charge in [0.2, 0.25) is 5.91 Å². The summed E-state index contributed by atoms with van der Waals surface area (Å²) in [5.41, 5.74) is 4.40. The average Bonchev–Trinajstić information content (AvgIpc) is 3.06. The fourth-order valence-electron chi connectivity index (χ4n) is 2.19. The summed E-state index contributed by atoms with van der Waals surface area (Å²) in [6, 6.07) is 19.1. The van der Waals surface area contributed by atoms with Crippen molar-refractivity contribution in [2.75, 3.05) is 0 Å². The molecular weight excluding hydrogens is 448 g/mol. The third-order valence-corrected chi connectivity index (χ3v) is 4.47. The molecule has 1 heterocycles. The summed E-state index contributed by atoms with van der Waals surface area (Å²) in [7, 11) is 0. The van der Waals surface area contributed by atoms with Crippen LogP contribution in [-0.4, -0.2) is 12.1 Å². The minimum Gasteiger partial charge on any atom is -0.455 e. The van der Waals surface area contributed by atoms with Gasteiger partial charge in [0.1, 0.15) is 11.5 Å². The van der Waals surface area contributed by atoms with E-state index in [-0.39, 0.29) is 12.3 Å². The molecule has 0 aliphatic carbocycles. The zero-order chi connectivity index (χ0) is 17.6. The quantitative estimate of drug-likeness (QED) is 0.421.